The van der Waals surface area contributed by atoms with Gasteiger partial charge in [0, 0.05) is 51.7 Å². The Morgan fingerprint density at radius 2 is 1.70 bits per heavy atom. The average Bonchev–Trinajstić information content (AvgIpc) is 3.44. The van der Waals surface area contributed by atoms with Crippen molar-refractivity contribution in [2.24, 2.45) is 0 Å². The van der Waals surface area contributed by atoms with Gasteiger partial charge >= 0.3 is 0 Å². The van der Waals surface area contributed by atoms with Gasteiger partial charge in [0.15, 0.2) is 5.16 Å². The Balaban J connectivity index is 1.26. The Hall–Kier alpha value is -1.83. The highest BCUT2D eigenvalue weighted by Gasteiger charge is 2.22. The number of thioether (sulfide) groups is 1. The maximum Gasteiger partial charge on any atom is 0.233 e. The maximum absolute atomic E-state index is 12.8. The van der Waals surface area contributed by atoms with Gasteiger partial charge in [-0.05, 0) is 57.0 Å². The molecule has 30 heavy (non-hydrogen) atoms. The van der Waals surface area contributed by atoms with Gasteiger partial charge in [-0.3, -0.25) is 14.3 Å². The van der Waals surface area contributed by atoms with E-state index >= 15 is 0 Å². The number of likely N-dealkylation sites (tertiary alicyclic amines) is 1. The van der Waals surface area contributed by atoms with Crippen LogP contribution >= 0.6 is 11.8 Å². The Bertz CT molecular complexity index is 853. The quantitative estimate of drug-likeness (QED) is 0.636. The molecule has 1 amide bonds. The molecule has 2 saturated heterocycles. The van der Waals surface area contributed by atoms with Crippen LogP contribution in [0.1, 0.15) is 24.0 Å². The third kappa shape index (κ3) is 5.25. The summed E-state index contributed by atoms with van der Waals surface area (Å²) < 4.78 is 2.09. The van der Waals surface area contributed by atoms with Crippen LogP contribution in [0.3, 0.4) is 0 Å². The van der Waals surface area contributed by atoms with E-state index in [1.807, 2.05) is 17.3 Å². The van der Waals surface area contributed by atoms with Gasteiger partial charge in [0.1, 0.15) is 0 Å². The van der Waals surface area contributed by atoms with E-state index in [4.69, 9.17) is 0 Å². The zero-order valence-electron chi connectivity index (χ0n) is 18.2. The van der Waals surface area contributed by atoms with Crippen molar-refractivity contribution >= 4 is 17.7 Å². The molecule has 1 aromatic carbocycles. The van der Waals surface area contributed by atoms with Gasteiger partial charge in [-0.15, -0.1) is 0 Å². The SMILES string of the molecule is Cc1ccc(C)c(-n2ccnc2SCC(=O)N2CCN(CCN3CCCC3)CC2)c1. The zero-order chi connectivity index (χ0) is 20.9. The second-order valence-electron chi connectivity index (χ2n) is 8.43. The molecule has 7 heteroatoms. The molecule has 1 aromatic heterocycles. The molecule has 3 heterocycles. The monoisotopic (exact) mass is 427 g/mol. The molecule has 4 rings (SSSR count). The number of amides is 1. The fraction of sp³-hybridized carbons (Fsp3) is 0.565. The summed E-state index contributed by atoms with van der Waals surface area (Å²) in [5, 5.41) is 0.876. The normalized spacial score (nSPS) is 18.3. The van der Waals surface area contributed by atoms with Gasteiger partial charge in [0.2, 0.25) is 5.91 Å². The van der Waals surface area contributed by atoms with Crippen LogP contribution in [-0.2, 0) is 4.79 Å². The summed E-state index contributed by atoms with van der Waals surface area (Å²) in [7, 11) is 0. The summed E-state index contributed by atoms with van der Waals surface area (Å²) in [5.41, 5.74) is 3.56. The van der Waals surface area contributed by atoms with E-state index < -0.39 is 0 Å². The molecular weight excluding hydrogens is 394 g/mol. The number of hydrogen-bond donors (Lipinski definition) is 0. The number of rotatable bonds is 7. The summed E-state index contributed by atoms with van der Waals surface area (Å²) >= 11 is 1.53. The smallest absolute Gasteiger partial charge is 0.233 e. The molecule has 6 nitrogen and oxygen atoms in total. The largest absolute Gasteiger partial charge is 0.339 e. The third-order valence-corrected chi connectivity index (χ3v) is 7.16. The van der Waals surface area contributed by atoms with Crippen LogP contribution in [-0.4, -0.2) is 88.3 Å². The highest BCUT2D eigenvalue weighted by Crippen LogP contribution is 2.24. The van der Waals surface area contributed by atoms with Gasteiger partial charge in [-0.25, -0.2) is 4.98 Å². The van der Waals surface area contributed by atoms with Crippen molar-refractivity contribution in [2.45, 2.75) is 31.8 Å². The maximum atomic E-state index is 12.8. The lowest BCUT2D eigenvalue weighted by Crippen LogP contribution is -2.50. The van der Waals surface area contributed by atoms with E-state index in [1.54, 1.807) is 0 Å². The minimum Gasteiger partial charge on any atom is -0.339 e. The first-order valence-electron chi connectivity index (χ1n) is 11.1. The van der Waals surface area contributed by atoms with Gasteiger partial charge in [-0.1, -0.05) is 23.9 Å². The van der Waals surface area contributed by atoms with Crippen molar-refractivity contribution in [3.05, 3.63) is 41.7 Å². The lowest BCUT2D eigenvalue weighted by Gasteiger charge is -2.35. The number of aromatic nitrogens is 2. The van der Waals surface area contributed by atoms with E-state index in [-0.39, 0.29) is 5.91 Å². The van der Waals surface area contributed by atoms with E-state index in [1.165, 1.54) is 55.4 Å². The summed E-state index contributed by atoms with van der Waals surface area (Å²) in [5.74, 6) is 0.657. The van der Waals surface area contributed by atoms with Crippen molar-refractivity contribution in [3.63, 3.8) is 0 Å². The first-order chi connectivity index (χ1) is 14.6. The fourth-order valence-electron chi connectivity index (χ4n) is 4.29. The number of hydrogen-bond acceptors (Lipinski definition) is 5. The first kappa shape index (κ1) is 21.4. The number of imidazole rings is 1. The predicted octanol–water partition coefficient (Wildman–Crippen LogP) is 2.82. The van der Waals surface area contributed by atoms with Gasteiger partial charge < -0.3 is 9.80 Å². The van der Waals surface area contributed by atoms with Crippen molar-refractivity contribution in [1.82, 2.24) is 24.3 Å². The van der Waals surface area contributed by atoms with E-state index in [2.05, 4.69) is 51.4 Å². The van der Waals surface area contributed by atoms with Gasteiger partial charge in [0.25, 0.3) is 0 Å². The molecule has 0 N–H and O–H groups in total. The van der Waals surface area contributed by atoms with Crippen molar-refractivity contribution in [1.29, 1.82) is 0 Å². The van der Waals surface area contributed by atoms with Crippen molar-refractivity contribution in [3.8, 4) is 5.69 Å². The van der Waals surface area contributed by atoms with Crippen LogP contribution in [0.25, 0.3) is 5.69 Å². The first-order valence-corrected chi connectivity index (χ1v) is 12.0. The Morgan fingerprint density at radius 1 is 1.00 bits per heavy atom. The molecule has 162 valence electrons. The summed E-state index contributed by atoms with van der Waals surface area (Å²) in [6, 6.07) is 6.43. The lowest BCUT2D eigenvalue weighted by atomic mass is 10.1. The fourth-order valence-corrected chi connectivity index (χ4v) is 5.16. The molecule has 0 unspecified atom stereocenters. The standard InChI is InChI=1S/C23H33N5OS/c1-19-5-6-20(2)21(17-19)28-10-7-24-23(28)30-18-22(29)27-15-13-26(14-16-27)12-11-25-8-3-4-9-25/h5-7,10,17H,3-4,8-9,11-16,18H2,1-2H3. The third-order valence-electron chi connectivity index (χ3n) is 6.21. The highest BCUT2D eigenvalue weighted by atomic mass is 32.2. The van der Waals surface area contributed by atoms with Crippen LogP contribution in [0.4, 0.5) is 0 Å². The Labute approximate surface area is 184 Å². The molecule has 0 aliphatic carbocycles. The van der Waals surface area contributed by atoms with E-state index in [0.717, 1.165) is 43.6 Å². The van der Waals surface area contributed by atoms with Gasteiger partial charge in [-0.2, -0.15) is 0 Å². The molecule has 2 fully saturated rings. The van der Waals surface area contributed by atoms with E-state index in [0.29, 0.717) is 5.75 Å². The van der Waals surface area contributed by atoms with Gasteiger partial charge in [0.05, 0.1) is 11.4 Å². The molecule has 0 radical (unpaired) electrons. The number of aryl methyl sites for hydroxylation is 2. The van der Waals surface area contributed by atoms with E-state index in [9.17, 15) is 4.79 Å². The molecule has 2 aliphatic heterocycles. The number of carbonyl (C=O) groups is 1. The molecule has 0 bridgehead atoms. The molecule has 0 saturated carbocycles. The van der Waals surface area contributed by atoms with Crippen LogP contribution in [0, 0.1) is 13.8 Å². The number of benzene rings is 1. The molecule has 0 spiro atoms. The van der Waals surface area contributed by atoms with Crippen LogP contribution in [0.15, 0.2) is 35.7 Å². The lowest BCUT2D eigenvalue weighted by molar-refractivity contribution is -0.130. The number of nitrogens with zero attached hydrogens (tertiary/aromatic N) is 5. The second kappa shape index (κ2) is 9.98. The molecule has 0 atom stereocenters. The minimum absolute atomic E-state index is 0.217. The van der Waals surface area contributed by atoms with Crippen LogP contribution < -0.4 is 0 Å². The van der Waals surface area contributed by atoms with Crippen molar-refractivity contribution in [2.75, 3.05) is 58.1 Å². The zero-order valence-corrected chi connectivity index (χ0v) is 19.0. The molecule has 2 aliphatic rings. The minimum atomic E-state index is 0.217. The average molecular weight is 428 g/mol. The Morgan fingerprint density at radius 3 is 2.43 bits per heavy atom. The summed E-state index contributed by atoms with van der Waals surface area (Å²) in [6.45, 7) is 12.7. The number of piperazine rings is 1. The Kier molecular flexibility index (Phi) is 7.12. The molecule has 2 aromatic rings. The topological polar surface area (TPSA) is 44.6 Å². The predicted molar refractivity (Wildman–Crippen MR) is 122 cm³/mol. The van der Waals surface area contributed by atoms with Crippen LogP contribution in [0.5, 0.6) is 0 Å². The number of carbonyl (C=O) groups excluding carboxylic acids is 1. The molecular formula is C23H33N5OS. The van der Waals surface area contributed by atoms with Crippen LogP contribution in [0.2, 0.25) is 0 Å². The van der Waals surface area contributed by atoms with Crippen molar-refractivity contribution < 1.29 is 4.79 Å². The second-order valence-corrected chi connectivity index (χ2v) is 9.37. The summed E-state index contributed by atoms with van der Waals surface area (Å²) in [6.07, 6.45) is 6.49. The highest BCUT2D eigenvalue weighted by molar-refractivity contribution is 7.99. The summed E-state index contributed by atoms with van der Waals surface area (Å²) in [4.78, 5) is 24.4.